The van der Waals surface area contributed by atoms with Gasteiger partial charge in [-0.2, -0.15) is 0 Å². The van der Waals surface area contributed by atoms with Gasteiger partial charge < -0.3 is 15.2 Å². The van der Waals surface area contributed by atoms with Crippen LogP contribution in [-0.2, 0) is 4.79 Å². The van der Waals surface area contributed by atoms with Crippen LogP contribution >= 0.6 is 23.2 Å². The monoisotopic (exact) mass is 301 g/mol. The molecule has 5 nitrogen and oxygen atoms in total. The molecule has 0 aliphatic rings. The summed E-state index contributed by atoms with van der Waals surface area (Å²) in [6.45, 7) is 1.41. The van der Waals surface area contributed by atoms with Crippen LogP contribution in [0, 0.1) is 0 Å². The number of aromatic carboxylic acids is 1. The number of nitrogens with one attached hydrogen (secondary N) is 1. The molecule has 1 aromatic heterocycles. The third-order valence-corrected chi connectivity index (χ3v) is 3.39. The summed E-state index contributed by atoms with van der Waals surface area (Å²) in [5, 5.41) is 19.2. The van der Waals surface area contributed by atoms with E-state index >= 15 is 0 Å². The van der Waals surface area contributed by atoms with E-state index < -0.39 is 17.9 Å². The molecule has 0 bridgehead atoms. The van der Waals surface area contributed by atoms with Crippen molar-refractivity contribution in [1.82, 2.24) is 4.98 Å². The zero-order valence-electron chi connectivity index (χ0n) is 9.70. The topological polar surface area (TPSA) is 90.4 Å². The smallest absolute Gasteiger partial charge is 0.352 e. The van der Waals surface area contributed by atoms with Gasteiger partial charge in [0.15, 0.2) is 0 Å². The van der Waals surface area contributed by atoms with E-state index in [1.54, 1.807) is 0 Å². The molecular weight excluding hydrogens is 293 g/mol. The van der Waals surface area contributed by atoms with Crippen LogP contribution < -0.4 is 0 Å². The van der Waals surface area contributed by atoms with E-state index in [2.05, 4.69) is 4.98 Å². The van der Waals surface area contributed by atoms with Crippen molar-refractivity contribution in [2.24, 2.45) is 0 Å². The van der Waals surface area contributed by atoms with E-state index in [1.807, 2.05) is 0 Å². The third kappa shape index (κ3) is 2.27. The van der Waals surface area contributed by atoms with Crippen LogP contribution in [0.3, 0.4) is 0 Å². The first-order chi connectivity index (χ1) is 8.82. The van der Waals surface area contributed by atoms with Crippen molar-refractivity contribution in [2.75, 3.05) is 0 Å². The Balaban J connectivity index is 2.88. The Hall–Kier alpha value is -1.72. The number of carbonyl (C=O) groups is 2. The number of fused-ring (bicyclic) bond motifs is 1. The molecule has 0 aliphatic heterocycles. The Labute approximate surface area is 117 Å². The molecule has 0 amide bonds. The minimum atomic E-state index is -1.24. The number of carboxylic acids is 2. The highest BCUT2D eigenvalue weighted by atomic mass is 35.5. The number of aromatic amines is 1. The molecule has 1 atom stereocenters. The lowest BCUT2D eigenvalue weighted by Crippen LogP contribution is -2.11. The molecule has 2 aromatic rings. The van der Waals surface area contributed by atoms with Gasteiger partial charge in [-0.3, -0.25) is 4.79 Å². The van der Waals surface area contributed by atoms with Crippen LogP contribution in [0.15, 0.2) is 12.1 Å². The highest BCUT2D eigenvalue weighted by molar-refractivity contribution is 6.39. The number of halogens is 2. The molecule has 0 aliphatic carbocycles. The van der Waals surface area contributed by atoms with Gasteiger partial charge in [0.2, 0.25) is 0 Å². The molecule has 1 aromatic carbocycles. The number of hydrogen-bond donors (Lipinski definition) is 3. The van der Waals surface area contributed by atoms with Gasteiger partial charge in [0.05, 0.1) is 10.9 Å². The summed E-state index contributed by atoms with van der Waals surface area (Å²) in [5.74, 6) is -3.38. The van der Waals surface area contributed by atoms with Crippen LogP contribution in [-0.4, -0.2) is 27.1 Å². The van der Waals surface area contributed by atoms with Gasteiger partial charge in [0, 0.05) is 21.5 Å². The molecule has 0 saturated heterocycles. The molecule has 0 radical (unpaired) electrons. The second-order valence-corrected chi connectivity index (χ2v) is 4.93. The molecule has 0 saturated carbocycles. The Kier molecular flexibility index (Phi) is 3.43. The fourth-order valence-electron chi connectivity index (χ4n) is 2.00. The van der Waals surface area contributed by atoms with Crippen LogP contribution in [0.5, 0.6) is 0 Å². The average molecular weight is 302 g/mol. The fraction of sp³-hybridized carbons (Fsp3) is 0.167. The summed E-state index contributed by atoms with van der Waals surface area (Å²) in [6, 6.07) is 2.95. The van der Waals surface area contributed by atoms with Crippen LogP contribution in [0.4, 0.5) is 0 Å². The third-order valence-electron chi connectivity index (χ3n) is 2.87. The molecule has 1 unspecified atom stereocenters. The number of rotatable bonds is 3. The first kappa shape index (κ1) is 13.7. The Morgan fingerprint density at radius 2 is 1.89 bits per heavy atom. The SMILES string of the molecule is CC(C(=O)O)c1c(C(=O)O)[nH]c2cc(Cl)cc(Cl)c12. The molecule has 7 heteroatoms. The Morgan fingerprint density at radius 1 is 1.26 bits per heavy atom. The standard InChI is InChI=1S/C12H9Cl2NO4/c1-4(11(16)17)8-9-6(14)2-5(13)3-7(9)15-10(8)12(18)19/h2-4,15H,1H3,(H,16,17)(H,18,19). The van der Waals surface area contributed by atoms with Gasteiger partial charge in [0.1, 0.15) is 5.69 Å². The summed E-state index contributed by atoms with van der Waals surface area (Å²) in [6.07, 6.45) is 0. The predicted octanol–water partition coefficient (Wildman–Crippen LogP) is 3.36. The van der Waals surface area contributed by atoms with E-state index in [1.165, 1.54) is 19.1 Å². The second-order valence-electron chi connectivity index (χ2n) is 4.09. The van der Waals surface area contributed by atoms with Crippen molar-refractivity contribution in [2.45, 2.75) is 12.8 Å². The van der Waals surface area contributed by atoms with E-state index in [0.29, 0.717) is 15.9 Å². The van der Waals surface area contributed by atoms with Gasteiger partial charge >= 0.3 is 11.9 Å². The fourth-order valence-corrected chi connectivity index (χ4v) is 2.59. The molecule has 100 valence electrons. The number of hydrogen-bond acceptors (Lipinski definition) is 2. The first-order valence-corrected chi connectivity index (χ1v) is 6.05. The minimum absolute atomic E-state index is 0.150. The summed E-state index contributed by atoms with van der Waals surface area (Å²) in [5.41, 5.74) is 0.365. The highest BCUT2D eigenvalue weighted by Crippen LogP contribution is 2.36. The minimum Gasteiger partial charge on any atom is -0.481 e. The molecule has 0 fully saturated rings. The quantitative estimate of drug-likeness (QED) is 0.810. The van der Waals surface area contributed by atoms with Crippen LogP contribution in [0.25, 0.3) is 10.9 Å². The van der Waals surface area contributed by atoms with Gasteiger partial charge in [-0.25, -0.2) is 4.79 Å². The van der Waals surface area contributed by atoms with Gasteiger partial charge in [-0.15, -0.1) is 0 Å². The van der Waals surface area contributed by atoms with Crippen molar-refractivity contribution < 1.29 is 19.8 Å². The summed E-state index contributed by atoms with van der Waals surface area (Å²) in [4.78, 5) is 25.0. The maximum atomic E-state index is 11.2. The van der Waals surface area contributed by atoms with Crippen molar-refractivity contribution in [3.63, 3.8) is 0 Å². The summed E-state index contributed by atoms with van der Waals surface area (Å²) in [7, 11) is 0. The molecule has 19 heavy (non-hydrogen) atoms. The predicted molar refractivity (Wildman–Crippen MR) is 71.3 cm³/mol. The van der Waals surface area contributed by atoms with E-state index in [4.69, 9.17) is 33.4 Å². The zero-order valence-corrected chi connectivity index (χ0v) is 11.2. The lowest BCUT2D eigenvalue weighted by molar-refractivity contribution is -0.138. The second kappa shape index (κ2) is 4.75. The Morgan fingerprint density at radius 3 is 2.42 bits per heavy atom. The molecule has 3 N–H and O–H groups in total. The molecule has 1 heterocycles. The number of carboxylic acid groups (broad SMARTS) is 2. The first-order valence-electron chi connectivity index (χ1n) is 5.29. The van der Waals surface area contributed by atoms with Crippen molar-refractivity contribution in [1.29, 1.82) is 0 Å². The van der Waals surface area contributed by atoms with Crippen molar-refractivity contribution in [3.8, 4) is 0 Å². The van der Waals surface area contributed by atoms with Crippen LogP contribution in [0.2, 0.25) is 10.0 Å². The van der Waals surface area contributed by atoms with Crippen LogP contribution in [0.1, 0.15) is 28.9 Å². The highest BCUT2D eigenvalue weighted by Gasteiger charge is 2.27. The lowest BCUT2D eigenvalue weighted by Gasteiger charge is -2.07. The number of H-pyrrole nitrogens is 1. The molecular formula is C12H9Cl2NO4. The number of benzene rings is 1. The normalized spacial score (nSPS) is 12.6. The summed E-state index contributed by atoms with van der Waals surface area (Å²) >= 11 is 11.9. The van der Waals surface area contributed by atoms with Gasteiger partial charge in [-0.05, 0) is 19.1 Å². The largest absolute Gasteiger partial charge is 0.481 e. The number of aromatic nitrogens is 1. The maximum Gasteiger partial charge on any atom is 0.352 e. The zero-order chi connectivity index (χ0) is 14.3. The van der Waals surface area contributed by atoms with Crippen molar-refractivity contribution >= 4 is 46.0 Å². The van der Waals surface area contributed by atoms with E-state index in [-0.39, 0.29) is 16.3 Å². The van der Waals surface area contributed by atoms with Gasteiger partial charge in [-0.1, -0.05) is 23.2 Å². The maximum absolute atomic E-state index is 11.2. The number of aliphatic carboxylic acids is 1. The molecule has 0 spiro atoms. The van der Waals surface area contributed by atoms with Crippen molar-refractivity contribution in [3.05, 3.63) is 33.4 Å². The van der Waals surface area contributed by atoms with E-state index in [0.717, 1.165) is 0 Å². The lowest BCUT2D eigenvalue weighted by atomic mass is 9.97. The average Bonchev–Trinajstić information content (AvgIpc) is 2.67. The summed E-state index contributed by atoms with van der Waals surface area (Å²) < 4.78 is 0. The Bertz CT molecular complexity index is 693. The van der Waals surface area contributed by atoms with Gasteiger partial charge in [0.25, 0.3) is 0 Å². The molecule has 2 rings (SSSR count). The van der Waals surface area contributed by atoms with E-state index in [9.17, 15) is 9.59 Å².